The molecule has 0 heterocycles. The number of thioether (sulfide) groups is 1. The number of halogens is 1. The molecule has 26 heavy (non-hydrogen) atoms. The number of ether oxygens (including phenoxy) is 1. The molecule has 1 aliphatic rings. The molecule has 0 radical (unpaired) electrons. The van der Waals surface area contributed by atoms with Crippen molar-refractivity contribution in [3.63, 3.8) is 0 Å². The van der Waals surface area contributed by atoms with Crippen LogP contribution in [0, 0.1) is 0 Å². The van der Waals surface area contributed by atoms with Gasteiger partial charge in [-0.15, -0.1) is 24.0 Å². The van der Waals surface area contributed by atoms with E-state index in [1.165, 1.54) is 26.4 Å². The summed E-state index contributed by atoms with van der Waals surface area (Å²) >= 11 is 1.95. The summed E-state index contributed by atoms with van der Waals surface area (Å²) in [6, 6.07) is 8.11. The van der Waals surface area contributed by atoms with Crippen molar-refractivity contribution in [3.05, 3.63) is 29.8 Å². The quantitative estimate of drug-likeness (QED) is 0.320. The Bertz CT molecular complexity index is 583. The Hall–Kier alpha value is -1.16. The van der Waals surface area contributed by atoms with Gasteiger partial charge in [0.2, 0.25) is 0 Å². The highest BCUT2D eigenvalue weighted by molar-refractivity contribution is 14.0. The van der Waals surface area contributed by atoms with Crippen molar-refractivity contribution in [1.29, 1.82) is 0 Å². The minimum Gasteiger partial charge on any atom is -0.453 e. The monoisotopic (exact) mass is 492 g/mol. The molecule has 2 unspecified atom stereocenters. The lowest BCUT2D eigenvalue weighted by molar-refractivity contribution is 0.187. The molecule has 2 atom stereocenters. The first-order valence-corrected chi connectivity index (χ1v) is 9.95. The second-order valence-corrected chi connectivity index (χ2v) is 7.16. The molecule has 1 saturated carbocycles. The first-order valence-electron chi connectivity index (χ1n) is 8.66. The number of nitrogens with zero attached hydrogens (tertiary/aromatic N) is 1. The van der Waals surface area contributed by atoms with Crippen molar-refractivity contribution in [2.75, 3.05) is 25.2 Å². The fourth-order valence-corrected chi connectivity index (χ4v) is 3.63. The van der Waals surface area contributed by atoms with E-state index in [9.17, 15) is 4.79 Å². The maximum Gasteiger partial charge on any atom is 0.411 e. The molecule has 1 amide bonds. The Morgan fingerprint density at radius 1 is 1.31 bits per heavy atom. The molecular weight excluding hydrogens is 463 g/mol. The zero-order valence-electron chi connectivity index (χ0n) is 15.6. The minimum absolute atomic E-state index is 0. The van der Waals surface area contributed by atoms with Gasteiger partial charge in [-0.1, -0.05) is 12.1 Å². The Kier molecular flexibility index (Phi) is 10.8. The summed E-state index contributed by atoms with van der Waals surface area (Å²) < 4.78 is 4.58. The van der Waals surface area contributed by atoms with Gasteiger partial charge >= 0.3 is 6.09 Å². The van der Waals surface area contributed by atoms with Gasteiger partial charge in [-0.05, 0) is 50.1 Å². The van der Waals surface area contributed by atoms with Gasteiger partial charge in [-0.3, -0.25) is 5.32 Å². The standard InChI is InChI=1S/C18H28N4O2S.HI/c1-4-19-17(21-15-9-10-16(11-15)25-3)20-12-13-5-7-14(8-6-13)22-18(23)24-2;/h5-8,15-16H,4,9-12H2,1-3H3,(H,22,23)(H2,19,20,21);1H. The number of guanidine groups is 1. The third-order valence-corrected chi connectivity index (χ3v) is 5.30. The molecule has 3 N–H and O–H groups in total. The molecule has 6 nitrogen and oxygen atoms in total. The number of carbonyl (C=O) groups is 1. The largest absolute Gasteiger partial charge is 0.453 e. The number of hydrogen-bond donors (Lipinski definition) is 3. The second kappa shape index (κ2) is 12.3. The van der Waals surface area contributed by atoms with Crippen molar-refractivity contribution in [3.8, 4) is 0 Å². The van der Waals surface area contributed by atoms with E-state index in [1.807, 2.05) is 36.0 Å². The van der Waals surface area contributed by atoms with E-state index < -0.39 is 6.09 Å². The first kappa shape index (κ1) is 22.9. The molecule has 0 aromatic heterocycles. The number of methoxy groups -OCH3 is 1. The van der Waals surface area contributed by atoms with E-state index in [0.29, 0.717) is 18.3 Å². The van der Waals surface area contributed by atoms with Gasteiger partial charge in [0.1, 0.15) is 0 Å². The third kappa shape index (κ3) is 7.61. The molecule has 1 fully saturated rings. The van der Waals surface area contributed by atoms with Crippen molar-refractivity contribution in [2.24, 2.45) is 4.99 Å². The molecule has 0 aliphatic heterocycles. The van der Waals surface area contributed by atoms with Crippen LogP contribution in [0.1, 0.15) is 31.7 Å². The minimum atomic E-state index is -0.468. The smallest absolute Gasteiger partial charge is 0.411 e. The van der Waals surface area contributed by atoms with Crippen LogP contribution < -0.4 is 16.0 Å². The number of nitrogens with one attached hydrogen (secondary N) is 3. The zero-order chi connectivity index (χ0) is 18.1. The number of hydrogen-bond acceptors (Lipinski definition) is 4. The van der Waals surface area contributed by atoms with E-state index >= 15 is 0 Å². The molecule has 1 aromatic rings. The molecule has 0 saturated heterocycles. The van der Waals surface area contributed by atoms with E-state index in [4.69, 9.17) is 0 Å². The number of carbonyl (C=O) groups excluding carboxylic acids is 1. The lowest BCUT2D eigenvalue weighted by Gasteiger charge is -2.17. The van der Waals surface area contributed by atoms with Gasteiger partial charge in [0, 0.05) is 23.5 Å². The van der Waals surface area contributed by atoms with Gasteiger partial charge in [-0.2, -0.15) is 11.8 Å². The molecule has 0 bridgehead atoms. The summed E-state index contributed by atoms with van der Waals surface area (Å²) in [5.74, 6) is 0.867. The topological polar surface area (TPSA) is 74.8 Å². The van der Waals surface area contributed by atoms with E-state index in [-0.39, 0.29) is 24.0 Å². The summed E-state index contributed by atoms with van der Waals surface area (Å²) in [7, 11) is 1.35. The Morgan fingerprint density at radius 3 is 2.62 bits per heavy atom. The predicted molar refractivity (Wildman–Crippen MR) is 121 cm³/mol. The fraction of sp³-hybridized carbons (Fsp3) is 0.556. The van der Waals surface area contributed by atoms with Gasteiger partial charge < -0.3 is 15.4 Å². The van der Waals surface area contributed by atoms with Crippen molar-refractivity contribution in [2.45, 2.75) is 44.0 Å². The summed E-state index contributed by atoms with van der Waals surface area (Å²) in [5, 5.41) is 10.3. The second-order valence-electron chi connectivity index (χ2n) is 6.02. The summed E-state index contributed by atoms with van der Waals surface area (Å²) in [6.07, 6.45) is 5.38. The predicted octanol–water partition coefficient (Wildman–Crippen LogP) is 3.82. The van der Waals surface area contributed by atoms with Crippen LogP contribution in [0.15, 0.2) is 29.3 Å². The van der Waals surface area contributed by atoms with Crippen LogP contribution in [0.2, 0.25) is 0 Å². The highest BCUT2D eigenvalue weighted by Gasteiger charge is 2.24. The molecule has 8 heteroatoms. The average molecular weight is 492 g/mol. The Balaban J connectivity index is 0.00000338. The molecular formula is C18H29IN4O2S. The average Bonchev–Trinajstić information content (AvgIpc) is 3.08. The third-order valence-electron chi connectivity index (χ3n) is 4.21. The maximum atomic E-state index is 11.2. The number of anilines is 1. The lowest BCUT2D eigenvalue weighted by Crippen LogP contribution is -2.42. The van der Waals surface area contributed by atoms with Crippen LogP contribution in [0.5, 0.6) is 0 Å². The van der Waals surface area contributed by atoms with E-state index in [0.717, 1.165) is 23.3 Å². The summed E-state index contributed by atoms with van der Waals surface area (Å²) in [4.78, 5) is 15.9. The molecule has 0 spiro atoms. The Morgan fingerprint density at radius 2 is 2.04 bits per heavy atom. The molecule has 1 aliphatic carbocycles. The highest BCUT2D eigenvalue weighted by Crippen LogP contribution is 2.28. The first-order chi connectivity index (χ1) is 12.1. The summed E-state index contributed by atoms with van der Waals surface area (Å²) in [6.45, 7) is 3.50. The number of aliphatic imine (C=N–C) groups is 1. The van der Waals surface area contributed by atoms with Gasteiger partial charge in [0.05, 0.1) is 13.7 Å². The maximum absolute atomic E-state index is 11.2. The van der Waals surface area contributed by atoms with E-state index in [1.54, 1.807) is 0 Å². The van der Waals surface area contributed by atoms with Crippen LogP contribution in [-0.4, -0.2) is 43.3 Å². The molecule has 2 rings (SSSR count). The van der Waals surface area contributed by atoms with Gasteiger partial charge in [-0.25, -0.2) is 9.79 Å². The van der Waals surface area contributed by atoms with Crippen LogP contribution in [0.3, 0.4) is 0 Å². The van der Waals surface area contributed by atoms with Crippen LogP contribution in [0.25, 0.3) is 0 Å². The van der Waals surface area contributed by atoms with Crippen LogP contribution in [-0.2, 0) is 11.3 Å². The number of rotatable bonds is 6. The zero-order valence-corrected chi connectivity index (χ0v) is 18.7. The van der Waals surface area contributed by atoms with E-state index in [2.05, 4.69) is 38.9 Å². The van der Waals surface area contributed by atoms with Crippen molar-refractivity contribution < 1.29 is 9.53 Å². The van der Waals surface area contributed by atoms with Crippen molar-refractivity contribution >= 4 is 53.5 Å². The van der Waals surface area contributed by atoms with Crippen LogP contribution in [0.4, 0.5) is 10.5 Å². The number of benzene rings is 1. The van der Waals surface area contributed by atoms with Crippen LogP contribution >= 0.6 is 35.7 Å². The normalized spacial score (nSPS) is 19.4. The molecule has 1 aromatic carbocycles. The van der Waals surface area contributed by atoms with Crippen molar-refractivity contribution in [1.82, 2.24) is 10.6 Å². The summed E-state index contributed by atoms with van der Waals surface area (Å²) in [5.41, 5.74) is 1.79. The Labute approximate surface area is 177 Å². The lowest BCUT2D eigenvalue weighted by atomic mass is 10.2. The van der Waals surface area contributed by atoms with Gasteiger partial charge in [0.25, 0.3) is 0 Å². The van der Waals surface area contributed by atoms with Gasteiger partial charge in [0.15, 0.2) is 5.96 Å². The molecule has 146 valence electrons. The SMILES string of the molecule is CCNC(=NCc1ccc(NC(=O)OC)cc1)NC1CCC(SC)C1.I. The number of amides is 1. The highest BCUT2D eigenvalue weighted by atomic mass is 127. The fourth-order valence-electron chi connectivity index (χ4n) is 2.83.